The van der Waals surface area contributed by atoms with E-state index in [9.17, 15) is 9.50 Å². The highest BCUT2D eigenvalue weighted by molar-refractivity contribution is 5.85. The van der Waals surface area contributed by atoms with Crippen molar-refractivity contribution in [1.82, 2.24) is 4.98 Å². The summed E-state index contributed by atoms with van der Waals surface area (Å²) in [5.41, 5.74) is 1.61. The summed E-state index contributed by atoms with van der Waals surface area (Å²) in [6, 6.07) is 10.5. The number of rotatable bonds is 3. The van der Waals surface area contributed by atoms with Gasteiger partial charge >= 0.3 is 0 Å². The fraction of sp³-hybridized carbons (Fsp3) is 0.222. The molecule has 1 saturated heterocycles. The van der Waals surface area contributed by atoms with Crippen LogP contribution in [0.3, 0.4) is 0 Å². The van der Waals surface area contributed by atoms with E-state index in [1.54, 1.807) is 30.5 Å². The second-order valence-corrected chi connectivity index (χ2v) is 5.84. The molecule has 5 heteroatoms. The van der Waals surface area contributed by atoms with Gasteiger partial charge in [-0.15, -0.1) is 0 Å². The van der Waals surface area contributed by atoms with E-state index >= 15 is 0 Å². The van der Waals surface area contributed by atoms with E-state index in [4.69, 9.17) is 9.47 Å². The first-order valence-electron chi connectivity index (χ1n) is 7.36. The summed E-state index contributed by atoms with van der Waals surface area (Å²) in [4.78, 5) is 2.99. The zero-order valence-corrected chi connectivity index (χ0v) is 12.6. The largest absolute Gasteiger partial charge is 0.496 e. The van der Waals surface area contributed by atoms with Crippen molar-refractivity contribution in [3.8, 4) is 16.9 Å². The van der Waals surface area contributed by atoms with E-state index in [1.807, 2.05) is 6.07 Å². The molecule has 0 spiro atoms. The smallest absolute Gasteiger partial charge is 0.140 e. The summed E-state index contributed by atoms with van der Waals surface area (Å²) < 4.78 is 24.9. The van der Waals surface area contributed by atoms with Gasteiger partial charge < -0.3 is 19.6 Å². The number of halogens is 1. The number of H-pyrrole nitrogens is 1. The Bertz CT molecular complexity index is 883. The molecule has 0 amide bonds. The lowest BCUT2D eigenvalue weighted by atomic mass is 9.89. The van der Waals surface area contributed by atoms with Crippen molar-refractivity contribution in [3.05, 3.63) is 54.0 Å². The number of methoxy groups -OCH3 is 1. The minimum absolute atomic E-state index is 0.242. The SMILES string of the molecule is COc1cc(-c2cc3cc[nH]c3cc2F)ccc1C1(O)COC1. The van der Waals surface area contributed by atoms with Crippen LogP contribution in [-0.4, -0.2) is 30.4 Å². The second-order valence-electron chi connectivity index (χ2n) is 5.84. The molecule has 118 valence electrons. The number of aromatic nitrogens is 1. The lowest BCUT2D eigenvalue weighted by Crippen LogP contribution is -2.46. The molecule has 0 unspecified atom stereocenters. The van der Waals surface area contributed by atoms with E-state index < -0.39 is 5.60 Å². The molecule has 0 bridgehead atoms. The molecule has 0 saturated carbocycles. The van der Waals surface area contributed by atoms with Gasteiger partial charge in [0, 0.05) is 28.2 Å². The summed E-state index contributed by atoms with van der Waals surface area (Å²) in [6.45, 7) is 0.485. The Labute approximate surface area is 132 Å². The number of hydrogen-bond donors (Lipinski definition) is 2. The summed E-state index contributed by atoms with van der Waals surface area (Å²) in [5.74, 6) is 0.224. The van der Waals surface area contributed by atoms with Gasteiger partial charge in [0.15, 0.2) is 0 Å². The Balaban J connectivity index is 1.83. The first-order valence-corrected chi connectivity index (χ1v) is 7.36. The van der Waals surface area contributed by atoms with Gasteiger partial charge in [-0.2, -0.15) is 0 Å². The van der Waals surface area contributed by atoms with Crippen LogP contribution in [0.1, 0.15) is 5.56 Å². The maximum absolute atomic E-state index is 14.4. The Morgan fingerprint density at radius 3 is 2.74 bits per heavy atom. The summed E-state index contributed by atoms with van der Waals surface area (Å²) in [5, 5.41) is 11.4. The molecule has 3 aromatic rings. The van der Waals surface area contributed by atoms with Crippen LogP contribution in [0.5, 0.6) is 5.75 Å². The standard InChI is InChI=1S/C18H16FNO3/c1-22-17-7-11(2-3-14(17)18(21)9-23-10-18)13-6-12-4-5-20-16(12)8-15(13)19/h2-8,20-21H,9-10H2,1H3. The van der Waals surface area contributed by atoms with Crippen molar-refractivity contribution in [2.24, 2.45) is 0 Å². The quantitative estimate of drug-likeness (QED) is 0.781. The number of aromatic amines is 1. The van der Waals surface area contributed by atoms with Gasteiger partial charge in [0.25, 0.3) is 0 Å². The van der Waals surface area contributed by atoms with Crippen molar-refractivity contribution >= 4 is 10.9 Å². The Kier molecular flexibility index (Phi) is 3.14. The minimum atomic E-state index is -1.02. The molecule has 1 fully saturated rings. The normalized spacial score (nSPS) is 16.3. The van der Waals surface area contributed by atoms with Gasteiger partial charge in [0.1, 0.15) is 17.2 Å². The number of ether oxygens (including phenoxy) is 2. The van der Waals surface area contributed by atoms with Crippen LogP contribution in [0, 0.1) is 5.82 Å². The van der Waals surface area contributed by atoms with Crippen molar-refractivity contribution in [2.75, 3.05) is 20.3 Å². The van der Waals surface area contributed by atoms with E-state index in [0.717, 1.165) is 10.9 Å². The van der Waals surface area contributed by atoms with Crippen molar-refractivity contribution in [2.45, 2.75) is 5.60 Å². The maximum atomic E-state index is 14.4. The average molecular weight is 313 g/mol. The van der Waals surface area contributed by atoms with Crippen LogP contribution in [-0.2, 0) is 10.3 Å². The minimum Gasteiger partial charge on any atom is -0.496 e. The third kappa shape index (κ3) is 2.20. The summed E-state index contributed by atoms with van der Waals surface area (Å²) in [7, 11) is 1.54. The highest BCUT2D eigenvalue weighted by Gasteiger charge is 2.40. The number of nitrogens with one attached hydrogen (secondary N) is 1. The van der Waals surface area contributed by atoms with Crippen LogP contribution in [0.2, 0.25) is 0 Å². The topological polar surface area (TPSA) is 54.5 Å². The summed E-state index contributed by atoms with van der Waals surface area (Å²) in [6.07, 6.45) is 1.78. The molecule has 4 rings (SSSR count). The van der Waals surface area contributed by atoms with Crippen LogP contribution in [0.4, 0.5) is 4.39 Å². The molecule has 2 aromatic carbocycles. The van der Waals surface area contributed by atoms with E-state index in [2.05, 4.69) is 4.98 Å². The third-order valence-corrected chi connectivity index (χ3v) is 4.34. The first kappa shape index (κ1) is 14.2. The van der Waals surface area contributed by atoms with Crippen LogP contribution >= 0.6 is 0 Å². The van der Waals surface area contributed by atoms with Crippen LogP contribution in [0.15, 0.2) is 42.6 Å². The lowest BCUT2D eigenvalue weighted by molar-refractivity contribution is -0.185. The van der Waals surface area contributed by atoms with Gasteiger partial charge in [0.2, 0.25) is 0 Å². The van der Waals surface area contributed by atoms with Gasteiger partial charge in [-0.1, -0.05) is 12.1 Å². The number of hydrogen-bond acceptors (Lipinski definition) is 3. The predicted octanol–water partition coefficient (Wildman–Crippen LogP) is 3.20. The van der Waals surface area contributed by atoms with E-state index in [-0.39, 0.29) is 19.0 Å². The molecule has 0 aliphatic carbocycles. The highest BCUT2D eigenvalue weighted by Crippen LogP contribution is 2.38. The Hall–Kier alpha value is -2.37. The molecule has 23 heavy (non-hydrogen) atoms. The van der Waals surface area contributed by atoms with Gasteiger partial charge in [0.05, 0.1) is 20.3 Å². The van der Waals surface area contributed by atoms with Crippen molar-refractivity contribution < 1.29 is 19.0 Å². The van der Waals surface area contributed by atoms with Gasteiger partial charge in [-0.3, -0.25) is 0 Å². The number of benzene rings is 2. The first-order chi connectivity index (χ1) is 11.1. The molecule has 1 aliphatic rings. The van der Waals surface area contributed by atoms with Crippen molar-refractivity contribution in [3.63, 3.8) is 0 Å². The zero-order valence-electron chi connectivity index (χ0n) is 12.6. The van der Waals surface area contributed by atoms with Crippen LogP contribution in [0.25, 0.3) is 22.0 Å². The molecule has 4 nitrogen and oxygen atoms in total. The van der Waals surface area contributed by atoms with E-state index in [0.29, 0.717) is 22.4 Å². The maximum Gasteiger partial charge on any atom is 0.140 e. The molecule has 0 atom stereocenters. The lowest BCUT2D eigenvalue weighted by Gasteiger charge is -2.37. The number of fused-ring (bicyclic) bond motifs is 1. The van der Waals surface area contributed by atoms with Crippen LogP contribution < -0.4 is 4.74 Å². The highest BCUT2D eigenvalue weighted by atomic mass is 19.1. The van der Waals surface area contributed by atoms with Gasteiger partial charge in [-0.25, -0.2) is 4.39 Å². The molecule has 2 N–H and O–H groups in total. The predicted molar refractivity (Wildman–Crippen MR) is 85.0 cm³/mol. The molecule has 0 radical (unpaired) electrons. The third-order valence-electron chi connectivity index (χ3n) is 4.34. The second kappa shape index (κ2) is 5.08. The molecule has 2 heterocycles. The molecule has 1 aromatic heterocycles. The van der Waals surface area contributed by atoms with E-state index in [1.165, 1.54) is 13.2 Å². The van der Waals surface area contributed by atoms with Crippen molar-refractivity contribution in [1.29, 1.82) is 0 Å². The Morgan fingerprint density at radius 2 is 2.04 bits per heavy atom. The zero-order chi connectivity index (χ0) is 16.0. The molecule has 1 aliphatic heterocycles. The fourth-order valence-corrected chi connectivity index (χ4v) is 2.99. The Morgan fingerprint density at radius 1 is 1.22 bits per heavy atom. The molecular weight excluding hydrogens is 297 g/mol. The number of aliphatic hydroxyl groups is 1. The summed E-state index contributed by atoms with van der Waals surface area (Å²) >= 11 is 0. The monoisotopic (exact) mass is 313 g/mol. The van der Waals surface area contributed by atoms with Gasteiger partial charge in [-0.05, 0) is 29.8 Å². The molecular formula is C18H16FNO3. The average Bonchev–Trinajstić information content (AvgIpc) is 2.98. The fourth-order valence-electron chi connectivity index (χ4n) is 2.99.